The van der Waals surface area contributed by atoms with Crippen molar-refractivity contribution in [2.45, 2.75) is 13.8 Å². The second-order valence-corrected chi connectivity index (χ2v) is 6.32. The van der Waals surface area contributed by atoms with Crippen molar-refractivity contribution in [2.24, 2.45) is 5.10 Å². The van der Waals surface area contributed by atoms with E-state index in [-0.39, 0.29) is 0 Å². The maximum Gasteiger partial charge on any atom is 0.244 e. The van der Waals surface area contributed by atoms with E-state index in [1.54, 1.807) is 0 Å². The first-order valence-corrected chi connectivity index (χ1v) is 8.38. The van der Waals surface area contributed by atoms with Gasteiger partial charge in [0.1, 0.15) is 0 Å². The van der Waals surface area contributed by atoms with E-state index in [1.165, 1.54) is 0 Å². The molecule has 5 heteroatoms. The summed E-state index contributed by atoms with van der Waals surface area (Å²) in [4.78, 5) is 8.95. The SMILES string of the molecule is CC(=NNc1nc(C)cc(-c2ccccc2)n1)c1ccc(Br)cc1. The molecule has 0 bridgehead atoms. The van der Waals surface area contributed by atoms with Gasteiger partial charge in [0.2, 0.25) is 5.95 Å². The Morgan fingerprint density at radius 3 is 2.42 bits per heavy atom. The van der Waals surface area contributed by atoms with Crippen LogP contribution in [0.4, 0.5) is 5.95 Å². The van der Waals surface area contributed by atoms with Crippen molar-refractivity contribution in [3.63, 3.8) is 0 Å². The fourth-order valence-corrected chi connectivity index (χ4v) is 2.53. The Morgan fingerprint density at radius 1 is 1.00 bits per heavy atom. The lowest BCUT2D eigenvalue weighted by Gasteiger charge is -2.07. The second kappa shape index (κ2) is 7.36. The van der Waals surface area contributed by atoms with Gasteiger partial charge in [-0.25, -0.2) is 15.4 Å². The van der Waals surface area contributed by atoms with E-state index in [2.05, 4.69) is 36.4 Å². The Balaban J connectivity index is 1.84. The summed E-state index contributed by atoms with van der Waals surface area (Å²) in [6.07, 6.45) is 0. The lowest BCUT2D eigenvalue weighted by molar-refractivity contribution is 1.07. The molecule has 0 unspecified atom stereocenters. The Morgan fingerprint density at radius 2 is 1.71 bits per heavy atom. The lowest BCUT2D eigenvalue weighted by atomic mass is 10.1. The first-order valence-electron chi connectivity index (χ1n) is 7.59. The van der Waals surface area contributed by atoms with Gasteiger partial charge in [0.15, 0.2) is 0 Å². The van der Waals surface area contributed by atoms with Crippen LogP contribution in [0, 0.1) is 6.92 Å². The number of anilines is 1. The number of nitrogens with one attached hydrogen (secondary N) is 1. The Labute approximate surface area is 149 Å². The lowest BCUT2D eigenvalue weighted by Crippen LogP contribution is -2.03. The number of benzene rings is 2. The van der Waals surface area contributed by atoms with Crippen molar-refractivity contribution in [1.29, 1.82) is 0 Å². The van der Waals surface area contributed by atoms with Gasteiger partial charge in [-0.05, 0) is 37.6 Å². The molecule has 0 aliphatic heterocycles. The van der Waals surface area contributed by atoms with Crippen molar-refractivity contribution >= 4 is 27.6 Å². The number of aryl methyl sites for hydroxylation is 1. The quantitative estimate of drug-likeness (QED) is 0.508. The van der Waals surface area contributed by atoms with Crippen LogP contribution in [0.5, 0.6) is 0 Å². The molecule has 0 aliphatic rings. The summed E-state index contributed by atoms with van der Waals surface area (Å²) in [5, 5.41) is 4.40. The molecule has 0 radical (unpaired) electrons. The van der Waals surface area contributed by atoms with E-state index >= 15 is 0 Å². The third kappa shape index (κ3) is 4.06. The van der Waals surface area contributed by atoms with Crippen LogP contribution in [-0.2, 0) is 0 Å². The van der Waals surface area contributed by atoms with Crippen LogP contribution >= 0.6 is 15.9 Å². The maximum absolute atomic E-state index is 4.55. The summed E-state index contributed by atoms with van der Waals surface area (Å²) < 4.78 is 1.04. The van der Waals surface area contributed by atoms with E-state index < -0.39 is 0 Å². The fraction of sp³-hybridized carbons (Fsp3) is 0.105. The van der Waals surface area contributed by atoms with Crippen LogP contribution in [-0.4, -0.2) is 15.7 Å². The van der Waals surface area contributed by atoms with Crippen LogP contribution in [0.1, 0.15) is 18.2 Å². The van der Waals surface area contributed by atoms with Gasteiger partial charge < -0.3 is 0 Å². The molecule has 2 aromatic carbocycles. The minimum atomic E-state index is 0.491. The first kappa shape index (κ1) is 16.3. The maximum atomic E-state index is 4.55. The summed E-state index contributed by atoms with van der Waals surface area (Å²) >= 11 is 3.43. The Bertz CT molecular complexity index is 858. The number of rotatable bonds is 4. The molecular weight excluding hydrogens is 364 g/mol. The average Bonchev–Trinajstić information content (AvgIpc) is 2.60. The minimum Gasteiger partial charge on any atom is -0.245 e. The van der Waals surface area contributed by atoms with E-state index in [9.17, 15) is 0 Å². The molecule has 0 amide bonds. The predicted octanol–water partition coefficient (Wildman–Crippen LogP) is 5.05. The largest absolute Gasteiger partial charge is 0.245 e. The van der Waals surface area contributed by atoms with Crippen molar-refractivity contribution in [1.82, 2.24) is 9.97 Å². The van der Waals surface area contributed by atoms with Gasteiger partial charge in [0.25, 0.3) is 0 Å². The van der Waals surface area contributed by atoms with Gasteiger partial charge >= 0.3 is 0 Å². The van der Waals surface area contributed by atoms with Gasteiger partial charge in [-0.1, -0.05) is 58.4 Å². The van der Waals surface area contributed by atoms with Gasteiger partial charge in [-0.2, -0.15) is 5.10 Å². The predicted molar refractivity (Wildman–Crippen MR) is 102 cm³/mol. The molecule has 3 aromatic rings. The van der Waals surface area contributed by atoms with Crippen LogP contribution in [0.25, 0.3) is 11.3 Å². The molecule has 4 nitrogen and oxygen atoms in total. The zero-order valence-electron chi connectivity index (χ0n) is 13.5. The molecule has 1 N–H and O–H groups in total. The van der Waals surface area contributed by atoms with Crippen molar-refractivity contribution < 1.29 is 0 Å². The number of hydrazone groups is 1. The van der Waals surface area contributed by atoms with Crippen LogP contribution < -0.4 is 5.43 Å². The number of hydrogen-bond donors (Lipinski definition) is 1. The summed E-state index contributed by atoms with van der Waals surface area (Å²) in [5.41, 5.74) is 7.70. The number of nitrogens with zero attached hydrogens (tertiary/aromatic N) is 3. The van der Waals surface area contributed by atoms with Crippen molar-refractivity contribution in [2.75, 3.05) is 5.43 Å². The molecule has 0 saturated heterocycles. The van der Waals surface area contributed by atoms with Gasteiger partial charge in [-0.15, -0.1) is 0 Å². The average molecular weight is 381 g/mol. The van der Waals surface area contributed by atoms with Crippen molar-refractivity contribution in [3.8, 4) is 11.3 Å². The molecule has 0 saturated carbocycles. The highest BCUT2D eigenvalue weighted by Gasteiger charge is 2.04. The zero-order chi connectivity index (χ0) is 16.9. The standard InChI is InChI=1S/C19H17BrN4/c1-13-12-18(16-6-4-3-5-7-16)22-19(21-13)24-23-14(2)15-8-10-17(20)11-9-15/h3-12H,1-2H3,(H,21,22,24). The summed E-state index contributed by atoms with van der Waals surface area (Å²) in [5.74, 6) is 0.491. The number of aromatic nitrogens is 2. The molecule has 24 heavy (non-hydrogen) atoms. The minimum absolute atomic E-state index is 0.491. The fourth-order valence-electron chi connectivity index (χ4n) is 2.26. The van der Waals surface area contributed by atoms with E-state index in [0.717, 1.165) is 32.7 Å². The molecule has 120 valence electrons. The van der Waals surface area contributed by atoms with E-state index in [4.69, 9.17) is 0 Å². The van der Waals surface area contributed by atoms with Gasteiger partial charge in [0, 0.05) is 15.7 Å². The van der Waals surface area contributed by atoms with E-state index in [1.807, 2.05) is 74.5 Å². The second-order valence-electron chi connectivity index (χ2n) is 5.40. The van der Waals surface area contributed by atoms with Gasteiger partial charge in [-0.3, -0.25) is 0 Å². The zero-order valence-corrected chi connectivity index (χ0v) is 15.1. The van der Waals surface area contributed by atoms with Crippen LogP contribution in [0.3, 0.4) is 0 Å². The summed E-state index contributed by atoms with van der Waals surface area (Å²) in [6, 6.07) is 20.0. The number of hydrogen-bond acceptors (Lipinski definition) is 4. The Hall–Kier alpha value is -2.53. The Kier molecular flexibility index (Phi) is 5.01. The van der Waals surface area contributed by atoms with Crippen LogP contribution in [0.15, 0.2) is 70.2 Å². The molecule has 0 atom stereocenters. The number of halogens is 1. The van der Waals surface area contributed by atoms with Crippen LogP contribution in [0.2, 0.25) is 0 Å². The molecule has 0 fully saturated rings. The molecule has 0 spiro atoms. The van der Waals surface area contributed by atoms with Crippen molar-refractivity contribution in [3.05, 3.63) is 76.4 Å². The highest BCUT2D eigenvalue weighted by Crippen LogP contribution is 2.19. The first-order chi connectivity index (χ1) is 11.6. The summed E-state index contributed by atoms with van der Waals surface area (Å²) in [6.45, 7) is 3.90. The third-order valence-corrected chi connectivity index (χ3v) is 4.04. The molecule has 3 rings (SSSR count). The van der Waals surface area contributed by atoms with Gasteiger partial charge in [0.05, 0.1) is 11.4 Å². The van der Waals surface area contributed by atoms with E-state index in [0.29, 0.717) is 5.95 Å². The monoisotopic (exact) mass is 380 g/mol. The molecule has 0 aliphatic carbocycles. The normalized spacial score (nSPS) is 11.4. The topological polar surface area (TPSA) is 50.2 Å². The molecule has 1 heterocycles. The smallest absolute Gasteiger partial charge is 0.244 e. The third-order valence-electron chi connectivity index (χ3n) is 3.51. The summed E-state index contributed by atoms with van der Waals surface area (Å²) in [7, 11) is 0. The molecular formula is C19H17BrN4. The molecule has 1 aromatic heterocycles. The highest BCUT2D eigenvalue weighted by molar-refractivity contribution is 9.10. The highest BCUT2D eigenvalue weighted by atomic mass is 79.9.